The molecule has 8 heteroatoms. The van der Waals surface area contributed by atoms with Gasteiger partial charge in [0.1, 0.15) is 0 Å². The van der Waals surface area contributed by atoms with Crippen molar-refractivity contribution in [2.45, 2.75) is 22.6 Å². The molecule has 1 fully saturated rings. The first-order valence-electron chi connectivity index (χ1n) is 5.91. The smallest absolute Gasteiger partial charge is 0.344 e. The maximum atomic E-state index is 12.8. The number of methoxy groups -OCH3 is 1. The number of halogens is 1. The van der Waals surface area contributed by atoms with Gasteiger partial charge in [-0.1, -0.05) is 15.9 Å². The standard InChI is InChI=1S/C12H14BrNO5S/c1-19-11(15)12(7-2-8-14(12)16)20(17,18)10-5-3-9(13)4-6-10/h3-6,16H,2,7-8H2,1H3. The average Bonchev–Trinajstić information content (AvgIpc) is 2.81. The van der Waals surface area contributed by atoms with Crippen molar-refractivity contribution in [3.8, 4) is 0 Å². The minimum atomic E-state index is -4.10. The molecule has 1 heterocycles. The molecule has 0 bridgehead atoms. The van der Waals surface area contributed by atoms with E-state index >= 15 is 0 Å². The Morgan fingerprint density at radius 1 is 1.40 bits per heavy atom. The first kappa shape index (κ1) is 15.4. The minimum Gasteiger partial charge on any atom is -0.467 e. The van der Waals surface area contributed by atoms with E-state index in [1.165, 1.54) is 12.1 Å². The zero-order valence-corrected chi connectivity index (χ0v) is 13.1. The Morgan fingerprint density at radius 3 is 2.45 bits per heavy atom. The molecule has 2 rings (SSSR count). The van der Waals surface area contributed by atoms with E-state index in [0.29, 0.717) is 11.5 Å². The third-order valence-corrected chi connectivity index (χ3v) is 6.27. The summed E-state index contributed by atoms with van der Waals surface area (Å²) in [5.74, 6) is -0.972. The molecule has 1 aliphatic heterocycles. The van der Waals surface area contributed by atoms with Crippen LogP contribution in [0.2, 0.25) is 0 Å². The third kappa shape index (κ3) is 2.16. The van der Waals surface area contributed by atoms with Crippen molar-refractivity contribution in [2.24, 2.45) is 0 Å². The van der Waals surface area contributed by atoms with Gasteiger partial charge in [0.2, 0.25) is 14.7 Å². The summed E-state index contributed by atoms with van der Waals surface area (Å²) >= 11 is 3.22. The van der Waals surface area contributed by atoms with E-state index in [1.807, 2.05) is 0 Å². The number of nitrogens with zero attached hydrogens (tertiary/aromatic N) is 1. The molecule has 1 N–H and O–H groups in total. The van der Waals surface area contributed by atoms with Crippen LogP contribution in [0.5, 0.6) is 0 Å². The maximum absolute atomic E-state index is 12.8. The number of hydrogen-bond donors (Lipinski definition) is 1. The van der Waals surface area contributed by atoms with Gasteiger partial charge in [0.25, 0.3) is 0 Å². The fourth-order valence-electron chi connectivity index (χ4n) is 2.34. The Morgan fingerprint density at radius 2 is 2.00 bits per heavy atom. The van der Waals surface area contributed by atoms with Crippen molar-refractivity contribution >= 4 is 31.7 Å². The van der Waals surface area contributed by atoms with E-state index in [2.05, 4.69) is 20.7 Å². The van der Waals surface area contributed by atoms with Crippen LogP contribution in [0.15, 0.2) is 33.6 Å². The number of esters is 1. The number of hydroxylamine groups is 2. The molecule has 1 aromatic carbocycles. The summed E-state index contributed by atoms with van der Waals surface area (Å²) in [5.41, 5.74) is 0. The average molecular weight is 364 g/mol. The van der Waals surface area contributed by atoms with Gasteiger partial charge in [-0.15, -0.1) is 0 Å². The van der Waals surface area contributed by atoms with Crippen LogP contribution in [0.25, 0.3) is 0 Å². The summed E-state index contributed by atoms with van der Waals surface area (Å²) < 4.78 is 30.9. The van der Waals surface area contributed by atoms with Gasteiger partial charge in [0, 0.05) is 11.0 Å². The van der Waals surface area contributed by atoms with Crippen LogP contribution in [0.1, 0.15) is 12.8 Å². The molecule has 0 aromatic heterocycles. The van der Waals surface area contributed by atoms with E-state index in [-0.39, 0.29) is 17.9 Å². The van der Waals surface area contributed by atoms with Gasteiger partial charge >= 0.3 is 5.97 Å². The lowest BCUT2D eigenvalue weighted by Crippen LogP contribution is -2.55. The number of carbonyl (C=O) groups excluding carboxylic acids is 1. The number of carbonyl (C=O) groups is 1. The zero-order chi connectivity index (χ0) is 15.0. The maximum Gasteiger partial charge on any atom is 0.344 e. The third-order valence-electron chi connectivity index (χ3n) is 3.38. The van der Waals surface area contributed by atoms with Crippen molar-refractivity contribution in [1.82, 2.24) is 5.06 Å². The minimum absolute atomic E-state index is 0.00539. The normalized spacial score (nSPS) is 23.8. The van der Waals surface area contributed by atoms with Gasteiger partial charge in [0.05, 0.1) is 12.0 Å². The monoisotopic (exact) mass is 363 g/mol. The highest BCUT2D eigenvalue weighted by molar-refractivity contribution is 9.10. The van der Waals surface area contributed by atoms with Crippen molar-refractivity contribution < 1.29 is 23.2 Å². The van der Waals surface area contributed by atoms with Crippen molar-refractivity contribution in [3.63, 3.8) is 0 Å². The van der Waals surface area contributed by atoms with Crippen molar-refractivity contribution in [2.75, 3.05) is 13.7 Å². The lowest BCUT2D eigenvalue weighted by molar-refractivity contribution is -0.171. The molecule has 0 saturated carbocycles. The molecule has 1 aliphatic rings. The van der Waals surface area contributed by atoms with E-state index in [0.717, 1.165) is 11.6 Å². The fourth-order valence-corrected chi connectivity index (χ4v) is 4.57. The Kier molecular flexibility index (Phi) is 4.19. The molecule has 0 aliphatic carbocycles. The van der Waals surface area contributed by atoms with Crippen molar-refractivity contribution in [1.29, 1.82) is 0 Å². The van der Waals surface area contributed by atoms with E-state index < -0.39 is 20.7 Å². The number of benzene rings is 1. The summed E-state index contributed by atoms with van der Waals surface area (Å²) in [6.07, 6.45) is 0.385. The lowest BCUT2D eigenvalue weighted by atomic mass is 10.2. The van der Waals surface area contributed by atoms with E-state index in [9.17, 15) is 18.4 Å². The van der Waals surface area contributed by atoms with Crippen LogP contribution in [0, 0.1) is 0 Å². The predicted octanol–water partition coefficient (Wildman–Crippen LogP) is 1.58. The number of sulfone groups is 1. The summed E-state index contributed by atoms with van der Waals surface area (Å²) in [4.78, 5) is 9.93. The first-order chi connectivity index (χ1) is 9.36. The lowest BCUT2D eigenvalue weighted by Gasteiger charge is -2.30. The topological polar surface area (TPSA) is 83.9 Å². The molecule has 6 nitrogen and oxygen atoms in total. The van der Waals surface area contributed by atoms with Gasteiger partial charge in [-0.25, -0.2) is 13.2 Å². The van der Waals surface area contributed by atoms with Crippen LogP contribution in [0.3, 0.4) is 0 Å². The van der Waals surface area contributed by atoms with Gasteiger partial charge in [-0.3, -0.25) is 0 Å². The Bertz CT molecular complexity index is 615. The van der Waals surface area contributed by atoms with Gasteiger partial charge in [-0.2, -0.15) is 5.06 Å². The summed E-state index contributed by atoms with van der Waals surface area (Å²) in [7, 11) is -2.99. The van der Waals surface area contributed by atoms with Crippen molar-refractivity contribution in [3.05, 3.63) is 28.7 Å². The molecule has 1 saturated heterocycles. The van der Waals surface area contributed by atoms with Crippen LogP contribution in [-0.4, -0.2) is 43.2 Å². The molecule has 1 atom stereocenters. The summed E-state index contributed by atoms with van der Waals surface area (Å²) in [5, 5.41) is 10.5. The first-order valence-corrected chi connectivity index (χ1v) is 8.19. The molecule has 110 valence electrons. The highest BCUT2D eigenvalue weighted by Gasteiger charge is 2.59. The Labute approximate surface area is 125 Å². The predicted molar refractivity (Wildman–Crippen MR) is 73.8 cm³/mol. The summed E-state index contributed by atoms with van der Waals surface area (Å²) in [6, 6.07) is 5.90. The molecule has 20 heavy (non-hydrogen) atoms. The molecule has 0 spiro atoms. The number of ether oxygens (including phenoxy) is 1. The molecular formula is C12H14BrNO5S. The Hall–Kier alpha value is -0.960. The highest BCUT2D eigenvalue weighted by atomic mass is 79.9. The molecular weight excluding hydrogens is 350 g/mol. The molecule has 0 amide bonds. The van der Waals surface area contributed by atoms with Gasteiger partial charge in [-0.05, 0) is 37.1 Å². The number of rotatable bonds is 3. The quantitative estimate of drug-likeness (QED) is 0.820. The largest absolute Gasteiger partial charge is 0.467 e. The van der Waals surface area contributed by atoms with E-state index in [4.69, 9.17) is 0 Å². The summed E-state index contributed by atoms with van der Waals surface area (Å²) in [6.45, 7) is 0.102. The SMILES string of the molecule is COC(=O)C1(S(=O)(=O)c2ccc(Br)cc2)CCCN1O. The van der Waals surface area contributed by atoms with Gasteiger partial charge in [0.15, 0.2) is 0 Å². The number of hydrogen-bond acceptors (Lipinski definition) is 6. The van der Waals surface area contributed by atoms with Crippen LogP contribution in [-0.2, 0) is 19.4 Å². The highest BCUT2D eigenvalue weighted by Crippen LogP contribution is 2.38. The molecule has 1 aromatic rings. The second-order valence-corrected chi connectivity index (χ2v) is 7.53. The Balaban J connectivity index is 2.59. The van der Waals surface area contributed by atoms with Gasteiger partial charge < -0.3 is 9.94 Å². The molecule has 1 unspecified atom stereocenters. The fraction of sp³-hybridized carbons (Fsp3) is 0.417. The molecule has 0 radical (unpaired) electrons. The second kappa shape index (κ2) is 5.44. The van der Waals surface area contributed by atoms with Crippen LogP contribution < -0.4 is 0 Å². The second-order valence-electron chi connectivity index (χ2n) is 4.46. The van der Waals surface area contributed by atoms with E-state index in [1.54, 1.807) is 12.1 Å². The van der Waals surface area contributed by atoms with Crippen LogP contribution >= 0.6 is 15.9 Å². The van der Waals surface area contributed by atoms with Crippen LogP contribution in [0.4, 0.5) is 0 Å². The zero-order valence-electron chi connectivity index (χ0n) is 10.7.